The zero-order chi connectivity index (χ0) is 15.9. The Hall–Kier alpha value is -1.90. The molecule has 0 N–H and O–H groups in total. The van der Waals surface area contributed by atoms with Crippen molar-refractivity contribution in [2.24, 2.45) is 0 Å². The molecule has 0 saturated carbocycles. The van der Waals surface area contributed by atoms with E-state index in [2.05, 4.69) is 27.0 Å². The van der Waals surface area contributed by atoms with Crippen molar-refractivity contribution in [3.63, 3.8) is 0 Å². The van der Waals surface area contributed by atoms with E-state index in [9.17, 15) is 4.79 Å². The average molecular weight is 379 g/mol. The van der Waals surface area contributed by atoms with E-state index in [-0.39, 0.29) is 12.3 Å². The summed E-state index contributed by atoms with van der Waals surface area (Å²) in [6.45, 7) is 0.726. The Morgan fingerprint density at radius 3 is 2.91 bits per heavy atom. The molecule has 0 aliphatic heterocycles. The van der Waals surface area contributed by atoms with Crippen LogP contribution in [0, 0.1) is 11.3 Å². The van der Waals surface area contributed by atoms with Gasteiger partial charge < -0.3 is 4.90 Å². The number of carbonyl (C=O) groups excluding carboxylic acids is 1. The molecule has 0 saturated heterocycles. The van der Waals surface area contributed by atoms with E-state index in [1.165, 1.54) is 0 Å². The Labute approximate surface area is 142 Å². The summed E-state index contributed by atoms with van der Waals surface area (Å²) >= 11 is 9.47. The molecule has 1 amide bonds. The van der Waals surface area contributed by atoms with Crippen molar-refractivity contribution in [1.82, 2.24) is 9.88 Å². The zero-order valence-electron chi connectivity index (χ0n) is 11.7. The van der Waals surface area contributed by atoms with Gasteiger partial charge in [0.25, 0.3) is 5.91 Å². The second kappa shape index (κ2) is 7.92. The van der Waals surface area contributed by atoms with Crippen LogP contribution in [0.4, 0.5) is 0 Å². The molecule has 4 nitrogen and oxygen atoms in total. The molecule has 22 heavy (non-hydrogen) atoms. The van der Waals surface area contributed by atoms with Crippen LogP contribution in [0.1, 0.15) is 22.3 Å². The molecule has 2 rings (SSSR count). The van der Waals surface area contributed by atoms with Crippen LogP contribution < -0.4 is 0 Å². The van der Waals surface area contributed by atoms with Crippen molar-refractivity contribution in [3.8, 4) is 6.07 Å². The first kappa shape index (κ1) is 16.5. The first-order valence-corrected chi connectivity index (χ1v) is 7.79. The molecule has 0 bridgehead atoms. The third kappa shape index (κ3) is 4.30. The van der Waals surface area contributed by atoms with E-state index in [0.29, 0.717) is 23.7 Å². The van der Waals surface area contributed by atoms with Crippen molar-refractivity contribution in [3.05, 3.63) is 63.3 Å². The third-order valence-corrected chi connectivity index (χ3v) is 3.86. The highest BCUT2D eigenvalue weighted by atomic mass is 79.9. The Morgan fingerprint density at radius 1 is 1.41 bits per heavy atom. The minimum Gasteiger partial charge on any atom is -0.333 e. The molecule has 6 heteroatoms. The standard InChI is InChI=1S/C16H13BrClN3O/c17-13-4-5-15(18)14(9-13)16(22)21(8-2-6-19)11-12-3-1-7-20-10-12/h1,3-5,7,9-10H,2,8,11H2. The van der Waals surface area contributed by atoms with Gasteiger partial charge in [0, 0.05) is 30.0 Å². The van der Waals surface area contributed by atoms with Crippen LogP contribution in [-0.2, 0) is 6.54 Å². The van der Waals surface area contributed by atoms with Crippen molar-refractivity contribution in [2.45, 2.75) is 13.0 Å². The van der Waals surface area contributed by atoms with Gasteiger partial charge in [-0.1, -0.05) is 33.6 Å². The smallest absolute Gasteiger partial charge is 0.255 e. The number of halogens is 2. The lowest BCUT2D eigenvalue weighted by Gasteiger charge is -2.22. The van der Waals surface area contributed by atoms with E-state index in [1.807, 2.05) is 12.1 Å². The van der Waals surface area contributed by atoms with Crippen LogP contribution in [0.15, 0.2) is 47.2 Å². The first-order chi connectivity index (χ1) is 10.6. The fraction of sp³-hybridized carbons (Fsp3) is 0.188. The van der Waals surface area contributed by atoms with Crippen molar-refractivity contribution in [1.29, 1.82) is 5.26 Å². The van der Waals surface area contributed by atoms with Gasteiger partial charge in [0.15, 0.2) is 0 Å². The minimum atomic E-state index is -0.203. The lowest BCUT2D eigenvalue weighted by atomic mass is 10.1. The summed E-state index contributed by atoms with van der Waals surface area (Å²) in [5.41, 5.74) is 1.32. The van der Waals surface area contributed by atoms with Gasteiger partial charge in [0.2, 0.25) is 0 Å². The maximum Gasteiger partial charge on any atom is 0.255 e. The number of rotatable bonds is 5. The Morgan fingerprint density at radius 2 is 2.23 bits per heavy atom. The van der Waals surface area contributed by atoms with Crippen LogP contribution in [0.25, 0.3) is 0 Å². The summed E-state index contributed by atoms with van der Waals surface area (Å²) in [5.74, 6) is -0.203. The molecule has 112 valence electrons. The molecule has 1 aromatic carbocycles. The number of aromatic nitrogens is 1. The Kier molecular flexibility index (Phi) is 5.93. The van der Waals surface area contributed by atoms with E-state index < -0.39 is 0 Å². The van der Waals surface area contributed by atoms with E-state index in [4.69, 9.17) is 16.9 Å². The fourth-order valence-corrected chi connectivity index (χ4v) is 2.54. The number of hydrogen-bond acceptors (Lipinski definition) is 3. The number of amides is 1. The van der Waals surface area contributed by atoms with Crippen LogP contribution in [0.5, 0.6) is 0 Å². The normalized spacial score (nSPS) is 10.0. The molecule has 0 unspecified atom stereocenters. The zero-order valence-corrected chi connectivity index (χ0v) is 14.0. The summed E-state index contributed by atoms with van der Waals surface area (Å²) in [4.78, 5) is 18.4. The highest BCUT2D eigenvalue weighted by molar-refractivity contribution is 9.10. The van der Waals surface area contributed by atoms with E-state index in [1.54, 1.807) is 35.5 Å². The summed E-state index contributed by atoms with van der Waals surface area (Å²) < 4.78 is 0.780. The lowest BCUT2D eigenvalue weighted by Crippen LogP contribution is -2.31. The van der Waals surface area contributed by atoms with Crippen LogP contribution in [-0.4, -0.2) is 22.3 Å². The average Bonchev–Trinajstić information content (AvgIpc) is 2.54. The second-order valence-corrected chi connectivity index (χ2v) is 5.94. The van der Waals surface area contributed by atoms with E-state index in [0.717, 1.165) is 10.0 Å². The molecule has 0 aliphatic rings. The van der Waals surface area contributed by atoms with Crippen LogP contribution in [0.2, 0.25) is 5.02 Å². The number of pyridine rings is 1. The van der Waals surface area contributed by atoms with Gasteiger partial charge in [-0.3, -0.25) is 9.78 Å². The summed E-state index contributed by atoms with van der Waals surface area (Å²) in [7, 11) is 0. The molecule has 0 atom stereocenters. The Balaban J connectivity index is 2.26. The maximum atomic E-state index is 12.7. The summed E-state index contributed by atoms with van der Waals surface area (Å²) in [6, 6.07) is 10.9. The van der Waals surface area contributed by atoms with Gasteiger partial charge in [-0.25, -0.2) is 0 Å². The maximum absolute atomic E-state index is 12.7. The van der Waals surface area contributed by atoms with Gasteiger partial charge >= 0.3 is 0 Å². The van der Waals surface area contributed by atoms with E-state index >= 15 is 0 Å². The molecule has 1 heterocycles. The molecular weight excluding hydrogens is 366 g/mol. The minimum absolute atomic E-state index is 0.203. The highest BCUT2D eigenvalue weighted by Gasteiger charge is 2.19. The van der Waals surface area contributed by atoms with Crippen molar-refractivity contribution in [2.75, 3.05) is 6.54 Å². The number of carbonyl (C=O) groups is 1. The number of benzene rings is 1. The molecule has 1 aromatic heterocycles. The quantitative estimate of drug-likeness (QED) is 0.788. The largest absolute Gasteiger partial charge is 0.333 e. The van der Waals surface area contributed by atoms with Crippen LogP contribution in [0.3, 0.4) is 0 Å². The van der Waals surface area contributed by atoms with Gasteiger partial charge in [-0.2, -0.15) is 5.26 Å². The van der Waals surface area contributed by atoms with Gasteiger partial charge in [-0.15, -0.1) is 0 Å². The highest BCUT2D eigenvalue weighted by Crippen LogP contribution is 2.23. The molecule has 0 spiro atoms. The first-order valence-electron chi connectivity index (χ1n) is 6.62. The van der Waals surface area contributed by atoms with Crippen molar-refractivity contribution >= 4 is 33.4 Å². The number of nitriles is 1. The number of nitrogens with zero attached hydrogens (tertiary/aromatic N) is 3. The molecular formula is C16H13BrClN3O. The van der Waals surface area contributed by atoms with Crippen molar-refractivity contribution < 1.29 is 4.79 Å². The molecule has 0 radical (unpaired) electrons. The predicted octanol–water partition coefficient (Wildman–Crippen LogP) is 4.05. The topological polar surface area (TPSA) is 57.0 Å². The SMILES string of the molecule is N#CCCN(Cc1cccnc1)C(=O)c1cc(Br)ccc1Cl. The Bertz CT molecular complexity index is 700. The summed E-state index contributed by atoms with van der Waals surface area (Å²) in [6.07, 6.45) is 3.64. The van der Waals surface area contributed by atoms with Gasteiger partial charge in [0.1, 0.15) is 0 Å². The predicted molar refractivity (Wildman–Crippen MR) is 88.4 cm³/mol. The monoisotopic (exact) mass is 377 g/mol. The number of hydrogen-bond donors (Lipinski definition) is 0. The fourth-order valence-electron chi connectivity index (χ4n) is 1.98. The third-order valence-electron chi connectivity index (χ3n) is 3.04. The summed E-state index contributed by atoms with van der Waals surface area (Å²) in [5, 5.41) is 9.19. The lowest BCUT2D eigenvalue weighted by molar-refractivity contribution is 0.0747. The van der Waals surface area contributed by atoms with Crippen LogP contribution >= 0.6 is 27.5 Å². The van der Waals surface area contributed by atoms with Gasteiger partial charge in [0.05, 0.1) is 23.1 Å². The van der Waals surface area contributed by atoms with Gasteiger partial charge in [-0.05, 0) is 29.8 Å². The molecule has 0 aliphatic carbocycles. The second-order valence-electron chi connectivity index (χ2n) is 4.62. The molecule has 2 aromatic rings. The molecule has 0 fully saturated rings.